The molecule has 3 aromatic carbocycles. The molecular weight excluding hydrogens is 446 g/mol. The highest BCUT2D eigenvalue weighted by Crippen LogP contribution is 2.30. The molecule has 5 heteroatoms. The number of carbonyl (C=O) groups excluding carboxylic acids is 2. The van der Waals surface area contributed by atoms with Gasteiger partial charge in [0.15, 0.2) is 0 Å². The van der Waals surface area contributed by atoms with Crippen LogP contribution in [-0.2, 0) is 6.42 Å². The summed E-state index contributed by atoms with van der Waals surface area (Å²) in [6.07, 6.45) is 3.28. The molecule has 2 N–H and O–H groups in total. The summed E-state index contributed by atoms with van der Waals surface area (Å²) in [5.41, 5.74) is 5.25. The van der Waals surface area contributed by atoms with Gasteiger partial charge in [0, 0.05) is 36.6 Å². The molecule has 2 amide bonds. The van der Waals surface area contributed by atoms with Gasteiger partial charge in [-0.2, -0.15) is 0 Å². The Kier molecular flexibility index (Phi) is 8.42. The number of rotatable bonds is 8. The predicted molar refractivity (Wildman–Crippen MR) is 148 cm³/mol. The van der Waals surface area contributed by atoms with Crippen molar-refractivity contribution >= 4 is 23.2 Å². The Morgan fingerprint density at radius 3 is 2.28 bits per heavy atom. The van der Waals surface area contributed by atoms with Gasteiger partial charge in [-0.1, -0.05) is 61.9 Å². The molecule has 0 aromatic heterocycles. The van der Waals surface area contributed by atoms with Gasteiger partial charge >= 0.3 is 0 Å². The van der Waals surface area contributed by atoms with Crippen LogP contribution in [0, 0.1) is 18.8 Å². The Labute approximate surface area is 214 Å². The van der Waals surface area contributed by atoms with Crippen molar-refractivity contribution in [3.8, 4) is 0 Å². The number of benzene rings is 3. The summed E-state index contributed by atoms with van der Waals surface area (Å²) in [6, 6.07) is 23.8. The van der Waals surface area contributed by atoms with E-state index in [-0.39, 0.29) is 11.8 Å². The molecule has 0 aliphatic carbocycles. The van der Waals surface area contributed by atoms with E-state index in [1.807, 2.05) is 49.4 Å². The summed E-state index contributed by atoms with van der Waals surface area (Å²) >= 11 is 0. The lowest BCUT2D eigenvalue weighted by Crippen LogP contribution is -2.36. The van der Waals surface area contributed by atoms with Crippen LogP contribution in [-0.4, -0.2) is 31.4 Å². The van der Waals surface area contributed by atoms with E-state index in [2.05, 4.69) is 59.7 Å². The summed E-state index contributed by atoms with van der Waals surface area (Å²) in [4.78, 5) is 28.3. The standard InChI is InChI=1S/C31H37N3O2/c1-22(2)21-32-31(36)28-20-27(33-30(35)26-11-9-23(3)10-12-26)13-14-29(28)34-17-15-25(16-18-34)19-24-7-5-4-6-8-24/h4-14,20,22,25H,15-19,21H2,1-3H3,(H,32,36)(H,33,35). The molecule has 36 heavy (non-hydrogen) atoms. The van der Waals surface area contributed by atoms with E-state index in [9.17, 15) is 9.59 Å². The molecule has 0 spiro atoms. The number of hydrogen-bond donors (Lipinski definition) is 2. The molecule has 0 atom stereocenters. The fraction of sp³-hybridized carbons (Fsp3) is 0.355. The number of amides is 2. The maximum absolute atomic E-state index is 13.2. The minimum atomic E-state index is -0.182. The van der Waals surface area contributed by atoms with Crippen molar-refractivity contribution in [3.05, 3.63) is 95.1 Å². The zero-order valence-corrected chi connectivity index (χ0v) is 21.6. The van der Waals surface area contributed by atoms with E-state index in [1.165, 1.54) is 5.56 Å². The van der Waals surface area contributed by atoms with Crippen LogP contribution < -0.4 is 15.5 Å². The van der Waals surface area contributed by atoms with Crippen LogP contribution >= 0.6 is 0 Å². The van der Waals surface area contributed by atoms with Crippen molar-refractivity contribution in [2.24, 2.45) is 11.8 Å². The zero-order chi connectivity index (χ0) is 25.5. The number of nitrogens with one attached hydrogen (secondary N) is 2. The van der Waals surface area contributed by atoms with Crippen LogP contribution in [0.25, 0.3) is 0 Å². The third kappa shape index (κ3) is 6.75. The lowest BCUT2D eigenvalue weighted by Gasteiger charge is -2.35. The largest absolute Gasteiger partial charge is 0.371 e. The summed E-state index contributed by atoms with van der Waals surface area (Å²) < 4.78 is 0. The number of nitrogens with zero attached hydrogens (tertiary/aromatic N) is 1. The second kappa shape index (κ2) is 11.9. The topological polar surface area (TPSA) is 61.4 Å². The van der Waals surface area contributed by atoms with Gasteiger partial charge in [-0.25, -0.2) is 0 Å². The van der Waals surface area contributed by atoms with Crippen molar-refractivity contribution in [1.82, 2.24) is 5.32 Å². The molecule has 0 saturated carbocycles. The molecular formula is C31H37N3O2. The van der Waals surface area contributed by atoms with Crippen LogP contribution in [0.2, 0.25) is 0 Å². The van der Waals surface area contributed by atoms with Gasteiger partial charge in [0.25, 0.3) is 11.8 Å². The molecule has 5 nitrogen and oxygen atoms in total. The molecule has 3 aromatic rings. The number of anilines is 2. The summed E-state index contributed by atoms with van der Waals surface area (Å²) in [5, 5.41) is 6.02. The van der Waals surface area contributed by atoms with Crippen molar-refractivity contribution in [2.75, 3.05) is 29.9 Å². The second-order valence-corrected chi connectivity index (χ2v) is 10.3. The van der Waals surface area contributed by atoms with Crippen molar-refractivity contribution in [2.45, 2.75) is 40.0 Å². The predicted octanol–water partition coefficient (Wildman–Crippen LogP) is 6.09. The molecule has 0 radical (unpaired) electrons. The van der Waals surface area contributed by atoms with Gasteiger partial charge in [0.05, 0.1) is 5.56 Å². The molecule has 1 fully saturated rings. The van der Waals surface area contributed by atoms with Gasteiger partial charge in [-0.05, 0) is 73.9 Å². The average Bonchev–Trinajstić information content (AvgIpc) is 2.89. The van der Waals surface area contributed by atoms with Crippen molar-refractivity contribution < 1.29 is 9.59 Å². The first-order valence-corrected chi connectivity index (χ1v) is 13.0. The van der Waals surface area contributed by atoms with E-state index >= 15 is 0 Å². The fourth-order valence-electron chi connectivity index (χ4n) is 4.70. The Morgan fingerprint density at radius 2 is 1.61 bits per heavy atom. The average molecular weight is 484 g/mol. The highest BCUT2D eigenvalue weighted by molar-refractivity contribution is 6.06. The minimum Gasteiger partial charge on any atom is -0.371 e. The van der Waals surface area contributed by atoms with Crippen molar-refractivity contribution in [3.63, 3.8) is 0 Å². The molecule has 188 valence electrons. The maximum atomic E-state index is 13.2. The van der Waals surface area contributed by atoms with E-state index in [1.54, 1.807) is 0 Å². The van der Waals surface area contributed by atoms with Gasteiger partial charge in [0.2, 0.25) is 0 Å². The van der Waals surface area contributed by atoms with Crippen LogP contribution in [0.15, 0.2) is 72.8 Å². The van der Waals surface area contributed by atoms with Crippen LogP contribution in [0.5, 0.6) is 0 Å². The van der Waals surface area contributed by atoms with E-state index < -0.39 is 0 Å². The number of aryl methyl sites for hydroxylation is 1. The van der Waals surface area contributed by atoms with Crippen LogP contribution in [0.1, 0.15) is 58.5 Å². The Hall–Kier alpha value is -3.60. The monoisotopic (exact) mass is 483 g/mol. The van der Waals surface area contributed by atoms with E-state index in [0.717, 1.165) is 43.6 Å². The quantitative estimate of drug-likeness (QED) is 0.407. The van der Waals surface area contributed by atoms with Crippen LogP contribution in [0.4, 0.5) is 11.4 Å². The molecule has 0 bridgehead atoms. The van der Waals surface area contributed by atoms with Gasteiger partial charge < -0.3 is 15.5 Å². The summed E-state index contributed by atoms with van der Waals surface area (Å²) in [6.45, 7) is 8.59. The molecule has 1 aliphatic heterocycles. The lowest BCUT2D eigenvalue weighted by molar-refractivity contribution is 0.0948. The molecule has 4 rings (SSSR count). The van der Waals surface area contributed by atoms with Gasteiger partial charge in [-0.15, -0.1) is 0 Å². The zero-order valence-electron chi connectivity index (χ0n) is 21.6. The number of hydrogen-bond acceptors (Lipinski definition) is 3. The first-order chi connectivity index (χ1) is 17.4. The van der Waals surface area contributed by atoms with Crippen molar-refractivity contribution in [1.29, 1.82) is 0 Å². The fourth-order valence-corrected chi connectivity index (χ4v) is 4.70. The normalized spacial score (nSPS) is 14.1. The molecule has 1 heterocycles. The lowest BCUT2D eigenvalue weighted by atomic mass is 9.89. The highest BCUT2D eigenvalue weighted by atomic mass is 16.2. The Balaban J connectivity index is 1.49. The van der Waals surface area contributed by atoms with Gasteiger partial charge in [0.1, 0.15) is 0 Å². The summed E-state index contributed by atoms with van der Waals surface area (Å²) in [7, 11) is 0. The number of piperidine rings is 1. The minimum absolute atomic E-state index is 0.100. The molecule has 1 aliphatic rings. The molecule has 1 saturated heterocycles. The van der Waals surface area contributed by atoms with E-state index in [4.69, 9.17) is 0 Å². The first kappa shape index (κ1) is 25.5. The number of carbonyl (C=O) groups is 2. The van der Waals surface area contributed by atoms with E-state index in [0.29, 0.717) is 35.2 Å². The van der Waals surface area contributed by atoms with Gasteiger partial charge in [-0.3, -0.25) is 9.59 Å². The maximum Gasteiger partial charge on any atom is 0.255 e. The van der Waals surface area contributed by atoms with Crippen LogP contribution in [0.3, 0.4) is 0 Å². The SMILES string of the molecule is Cc1ccc(C(=O)Nc2ccc(N3CCC(Cc4ccccc4)CC3)c(C(=O)NCC(C)C)c2)cc1. The third-order valence-corrected chi connectivity index (χ3v) is 6.81. The first-order valence-electron chi connectivity index (χ1n) is 13.0. The summed E-state index contributed by atoms with van der Waals surface area (Å²) in [5.74, 6) is 0.722. The second-order valence-electron chi connectivity index (χ2n) is 10.3. The molecule has 0 unspecified atom stereocenters. The Bertz CT molecular complexity index is 1160. The Morgan fingerprint density at radius 1 is 0.917 bits per heavy atom. The smallest absolute Gasteiger partial charge is 0.255 e. The highest BCUT2D eigenvalue weighted by Gasteiger charge is 2.24. The third-order valence-electron chi connectivity index (χ3n) is 6.81.